The van der Waals surface area contributed by atoms with E-state index in [1.807, 2.05) is 42.6 Å². The van der Waals surface area contributed by atoms with Gasteiger partial charge in [-0.1, -0.05) is 66.7 Å². The highest BCUT2D eigenvalue weighted by Gasteiger charge is 2.39. The summed E-state index contributed by atoms with van der Waals surface area (Å²) in [5.41, 5.74) is 4.19. The number of nitrogens with one attached hydrogen (secondary N) is 1. The number of fused-ring (bicyclic) bond motifs is 4. The highest BCUT2D eigenvalue weighted by molar-refractivity contribution is 7.90. The molecule has 1 aromatic heterocycles. The number of aromatic nitrogens is 1. The van der Waals surface area contributed by atoms with Crippen molar-refractivity contribution in [1.29, 1.82) is 0 Å². The molecular formula is C26H22N2O2S. The molecule has 0 spiro atoms. The van der Waals surface area contributed by atoms with E-state index in [9.17, 15) is 8.42 Å². The first kappa shape index (κ1) is 18.5. The summed E-state index contributed by atoms with van der Waals surface area (Å²) in [4.78, 5) is 0.296. The monoisotopic (exact) mass is 426 g/mol. The van der Waals surface area contributed by atoms with Gasteiger partial charge >= 0.3 is 0 Å². The number of benzene rings is 3. The van der Waals surface area contributed by atoms with Crippen LogP contribution in [-0.4, -0.2) is 12.4 Å². The fraction of sp³-hybridized carbons (Fsp3) is 0.154. The average Bonchev–Trinajstić information content (AvgIpc) is 3.45. The first-order valence-electron chi connectivity index (χ1n) is 10.6. The number of hydrogen-bond acceptors (Lipinski definition) is 3. The molecule has 154 valence electrons. The largest absolute Gasteiger partial charge is 0.378 e. The molecule has 0 saturated carbocycles. The van der Waals surface area contributed by atoms with Gasteiger partial charge in [0.05, 0.1) is 16.5 Å². The maximum Gasteiger partial charge on any atom is 0.268 e. The predicted molar refractivity (Wildman–Crippen MR) is 124 cm³/mol. The summed E-state index contributed by atoms with van der Waals surface area (Å²) in [6.07, 6.45) is 7.36. The Hall–Kier alpha value is -3.31. The van der Waals surface area contributed by atoms with Gasteiger partial charge in [0.2, 0.25) is 0 Å². The van der Waals surface area contributed by atoms with Crippen LogP contribution in [0.4, 0.5) is 5.69 Å². The highest BCUT2D eigenvalue weighted by Crippen LogP contribution is 2.51. The zero-order valence-corrected chi connectivity index (χ0v) is 17.7. The van der Waals surface area contributed by atoms with Crippen molar-refractivity contribution in [2.45, 2.75) is 23.3 Å². The summed E-state index contributed by atoms with van der Waals surface area (Å²) in [6, 6.07) is 24.9. The van der Waals surface area contributed by atoms with Gasteiger partial charge in [0.15, 0.2) is 0 Å². The van der Waals surface area contributed by atoms with E-state index >= 15 is 0 Å². The quantitative estimate of drug-likeness (QED) is 0.427. The standard InChI is InChI=1S/C26H22N2O2S/c29-31(30,18-9-2-1-3-10-18)28-17-23(21-12-5-7-16-25(21)28)26-22-14-8-13-19(22)20-11-4-6-15-24(20)27-26/h1-13,15-17,19,22,26-27H,14H2/t19-,22-,26+/m1/s1. The van der Waals surface area contributed by atoms with Crippen LogP contribution >= 0.6 is 0 Å². The van der Waals surface area contributed by atoms with Crippen molar-refractivity contribution in [2.24, 2.45) is 5.92 Å². The van der Waals surface area contributed by atoms with Crippen LogP contribution in [0.3, 0.4) is 0 Å². The number of allylic oxidation sites excluding steroid dienone is 2. The van der Waals surface area contributed by atoms with E-state index in [-0.39, 0.29) is 6.04 Å². The summed E-state index contributed by atoms with van der Waals surface area (Å²) < 4.78 is 28.5. The van der Waals surface area contributed by atoms with Crippen molar-refractivity contribution >= 4 is 26.6 Å². The zero-order chi connectivity index (χ0) is 21.0. The van der Waals surface area contributed by atoms with Crippen LogP contribution in [0.2, 0.25) is 0 Å². The van der Waals surface area contributed by atoms with E-state index in [1.54, 1.807) is 24.3 Å². The fourth-order valence-electron chi connectivity index (χ4n) is 5.18. The molecule has 1 aliphatic carbocycles. The van der Waals surface area contributed by atoms with Gasteiger partial charge in [-0.15, -0.1) is 0 Å². The van der Waals surface area contributed by atoms with Crippen LogP contribution < -0.4 is 5.32 Å². The van der Waals surface area contributed by atoms with Crippen LogP contribution in [-0.2, 0) is 10.0 Å². The summed E-state index contributed by atoms with van der Waals surface area (Å²) in [6.45, 7) is 0. The normalized spacial score (nSPS) is 22.1. The van der Waals surface area contributed by atoms with Crippen LogP contribution in [0, 0.1) is 5.92 Å². The minimum Gasteiger partial charge on any atom is -0.378 e. The van der Waals surface area contributed by atoms with Crippen molar-refractivity contribution in [3.05, 3.63) is 108 Å². The molecule has 0 fully saturated rings. The third-order valence-electron chi connectivity index (χ3n) is 6.62. The Kier molecular flexibility index (Phi) is 4.08. The second kappa shape index (κ2) is 6.86. The van der Waals surface area contributed by atoms with Crippen LogP contribution in [0.1, 0.15) is 29.5 Å². The van der Waals surface area contributed by atoms with E-state index in [1.165, 1.54) is 9.54 Å². The Balaban J connectivity index is 1.54. The van der Waals surface area contributed by atoms with Crippen molar-refractivity contribution in [3.63, 3.8) is 0 Å². The molecule has 1 aliphatic heterocycles. The molecule has 4 nitrogen and oxygen atoms in total. The molecule has 0 saturated heterocycles. The van der Waals surface area contributed by atoms with Gasteiger partial charge in [0.25, 0.3) is 10.0 Å². The third kappa shape index (κ3) is 2.77. The predicted octanol–water partition coefficient (Wildman–Crippen LogP) is 5.70. The van der Waals surface area contributed by atoms with Crippen LogP contribution in [0.15, 0.2) is 102 Å². The molecule has 0 unspecified atom stereocenters. The van der Waals surface area contributed by atoms with E-state index in [2.05, 4.69) is 35.7 Å². The molecule has 0 amide bonds. The molecule has 31 heavy (non-hydrogen) atoms. The van der Waals surface area contributed by atoms with Gasteiger partial charge in [-0.25, -0.2) is 12.4 Å². The smallest absolute Gasteiger partial charge is 0.268 e. The molecule has 0 bridgehead atoms. The first-order valence-corrected chi connectivity index (χ1v) is 12.0. The minimum atomic E-state index is -3.69. The zero-order valence-electron chi connectivity index (χ0n) is 16.8. The number of nitrogens with zero attached hydrogens (tertiary/aromatic N) is 1. The lowest BCUT2D eigenvalue weighted by Crippen LogP contribution is -2.28. The number of hydrogen-bond donors (Lipinski definition) is 1. The first-order chi connectivity index (χ1) is 15.1. The molecule has 2 heterocycles. The third-order valence-corrected chi connectivity index (χ3v) is 8.30. The Morgan fingerprint density at radius 3 is 2.45 bits per heavy atom. The lowest BCUT2D eigenvalue weighted by molar-refractivity contribution is 0.427. The second-order valence-electron chi connectivity index (χ2n) is 8.28. The van der Waals surface area contributed by atoms with Gasteiger partial charge in [0, 0.05) is 28.8 Å². The summed E-state index contributed by atoms with van der Waals surface area (Å²) >= 11 is 0. The molecule has 3 atom stereocenters. The van der Waals surface area contributed by atoms with E-state index in [0.29, 0.717) is 22.2 Å². The molecule has 0 radical (unpaired) electrons. The Bertz CT molecular complexity index is 1420. The maximum absolute atomic E-state index is 13.5. The van der Waals surface area contributed by atoms with E-state index in [0.717, 1.165) is 23.1 Å². The molecule has 5 heteroatoms. The topological polar surface area (TPSA) is 51.1 Å². The van der Waals surface area contributed by atoms with Gasteiger partial charge in [0.1, 0.15) is 0 Å². The van der Waals surface area contributed by atoms with Crippen LogP contribution in [0.5, 0.6) is 0 Å². The fourth-order valence-corrected chi connectivity index (χ4v) is 6.58. The molecule has 2 aliphatic rings. The lowest BCUT2D eigenvalue weighted by Gasteiger charge is -2.37. The van der Waals surface area contributed by atoms with Gasteiger partial charge in [-0.05, 0) is 42.2 Å². The molecule has 6 rings (SSSR count). The Morgan fingerprint density at radius 1 is 0.839 bits per heavy atom. The molecular weight excluding hydrogens is 404 g/mol. The Labute approximate surface area is 181 Å². The summed E-state index contributed by atoms with van der Waals surface area (Å²) in [7, 11) is -3.69. The Morgan fingerprint density at radius 2 is 1.58 bits per heavy atom. The number of anilines is 1. The van der Waals surface area contributed by atoms with Gasteiger partial charge < -0.3 is 5.32 Å². The van der Waals surface area contributed by atoms with Crippen molar-refractivity contribution in [2.75, 3.05) is 5.32 Å². The van der Waals surface area contributed by atoms with Crippen molar-refractivity contribution in [1.82, 2.24) is 3.97 Å². The van der Waals surface area contributed by atoms with Crippen molar-refractivity contribution < 1.29 is 8.42 Å². The van der Waals surface area contributed by atoms with Crippen molar-refractivity contribution in [3.8, 4) is 0 Å². The number of rotatable bonds is 3. The van der Waals surface area contributed by atoms with E-state index in [4.69, 9.17) is 0 Å². The van der Waals surface area contributed by atoms with E-state index < -0.39 is 10.0 Å². The average molecular weight is 427 g/mol. The number of para-hydroxylation sites is 2. The molecule has 4 aromatic rings. The summed E-state index contributed by atoms with van der Waals surface area (Å²) in [5.74, 6) is 0.698. The second-order valence-corrected chi connectivity index (χ2v) is 10.1. The highest BCUT2D eigenvalue weighted by atomic mass is 32.2. The minimum absolute atomic E-state index is 0.0343. The van der Waals surface area contributed by atoms with Gasteiger partial charge in [-0.2, -0.15) is 0 Å². The molecule has 1 N–H and O–H groups in total. The summed E-state index contributed by atoms with van der Waals surface area (Å²) in [5, 5.41) is 4.71. The SMILES string of the molecule is O=S(=O)(c1ccccc1)n1cc([C@H]2Nc3ccccc3[C@H]3C=CC[C@H]32)c2ccccc21. The molecule has 3 aromatic carbocycles. The van der Waals surface area contributed by atoms with Crippen LogP contribution in [0.25, 0.3) is 10.9 Å². The van der Waals surface area contributed by atoms with Gasteiger partial charge in [-0.3, -0.25) is 0 Å². The maximum atomic E-state index is 13.5. The lowest BCUT2D eigenvalue weighted by atomic mass is 9.77.